The lowest BCUT2D eigenvalue weighted by atomic mass is 10.2. The molecule has 0 spiro atoms. The molecule has 1 N–H and O–H groups in total. The van der Waals surface area contributed by atoms with E-state index >= 15 is 0 Å². The maximum Gasteiger partial charge on any atom is 0.182 e. The Labute approximate surface area is 126 Å². The molecule has 0 saturated carbocycles. The van der Waals surface area contributed by atoms with Gasteiger partial charge in [-0.2, -0.15) is 0 Å². The van der Waals surface area contributed by atoms with E-state index in [0.29, 0.717) is 4.77 Å². The third-order valence-corrected chi connectivity index (χ3v) is 4.00. The van der Waals surface area contributed by atoms with Crippen molar-refractivity contribution in [1.82, 2.24) is 9.55 Å². The van der Waals surface area contributed by atoms with Crippen molar-refractivity contribution in [3.8, 4) is 11.4 Å². The van der Waals surface area contributed by atoms with Crippen molar-refractivity contribution < 1.29 is 4.74 Å². The molecule has 0 amide bonds. The summed E-state index contributed by atoms with van der Waals surface area (Å²) < 4.78 is 7.87. The number of aromatic nitrogens is 2. The third-order valence-electron chi connectivity index (χ3n) is 3.30. The molecule has 3 aromatic rings. The first kappa shape index (κ1) is 13.2. The maximum absolute atomic E-state index is 6.21. The Bertz CT molecular complexity index is 851. The molecule has 20 heavy (non-hydrogen) atoms. The van der Waals surface area contributed by atoms with Crippen LogP contribution in [0, 0.1) is 11.7 Å². The predicted octanol–water partition coefficient (Wildman–Crippen LogP) is 4.66. The van der Waals surface area contributed by atoms with Crippen molar-refractivity contribution in [3.05, 3.63) is 51.8 Å². The Morgan fingerprint density at radius 1 is 1.20 bits per heavy atom. The highest BCUT2D eigenvalue weighted by Crippen LogP contribution is 2.26. The van der Waals surface area contributed by atoms with Gasteiger partial charge in [0.15, 0.2) is 4.77 Å². The van der Waals surface area contributed by atoms with Gasteiger partial charge in [0.25, 0.3) is 0 Å². The summed E-state index contributed by atoms with van der Waals surface area (Å²) in [6, 6.07) is 11.7. The first-order valence-electron chi connectivity index (χ1n) is 6.15. The molecule has 2 aromatic carbocycles. The van der Waals surface area contributed by atoms with Crippen LogP contribution in [0.25, 0.3) is 16.7 Å². The largest absolute Gasteiger partial charge is 0.497 e. The summed E-state index contributed by atoms with van der Waals surface area (Å²) >= 11 is 11.6. The molecule has 3 nitrogen and oxygen atoms in total. The number of aromatic amines is 1. The van der Waals surface area contributed by atoms with E-state index in [9.17, 15) is 0 Å². The Morgan fingerprint density at radius 2 is 2.00 bits per heavy atom. The number of imidazole rings is 1. The molecule has 0 aliphatic heterocycles. The van der Waals surface area contributed by atoms with Crippen LogP contribution in [0.5, 0.6) is 5.75 Å². The van der Waals surface area contributed by atoms with Gasteiger partial charge in [-0.05, 0) is 49.0 Å². The minimum absolute atomic E-state index is 0.633. The summed E-state index contributed by atoms with van der Waals surface area (Å²) in [4.78, 5) is 3.19. The van der Waals surface area contributed by atoms with E-state index in [0.717, 1.165) is 33.1 Å². The van der Waals surface area contributed by atoms with Gasteiger partial charge in [0.1, 0.15) is 5.75 Å². The summed E-state index contributed by atoms with van der Waals surface area (Å²) in [5.74, 6) is 0.790. The van der Waals surface area contributed by atoms with Gasteiger partial charge in [0.2, 0.25) is 0 Å². The number of halogens is 1. The minimum atomic E-state index is 0.633. The van der Waals surface area contributed by atoms with E-state index in [-0.39, 0.29) is 0 Å². The number of H-pyrrole nitrogens is 1. The van der Waals surface area contributed by atoms with E-state index in [1.807, 2.05) is 47.9 Å². The summed E-state index contributed by atoms with van der Waals surface area (Å²) in [5, 5.41) is 0.724. The van der Waals surface area contributed by atoms with Crippen LogP contribution >= 0.6 is 23.8 Å². The van der Waals surface area contributed by atoms with Gasteiger partial charge < -0.3 is 9.72 Å². The number of rotatable bonds is 2. The zero-order valence-corrected chi connectivity index (χ0v) is 12.7. The standard InChI is InChI=1S/C15H13ClN2OS/c1-9-3-4-10(7-12(9)16)18-14-8-11(19-2)5-6-13(14)17-15(18)20/h3-8H,1-2H3,(H,17,20). The Hall–Kier alpha value is -1.78. The molecule has 0 fully saturated rings. The van der Waals surface area contributed by atoms with Gasteiger partial charge >= 0.3 is 0 Å². The van der Waals surface area contributed by atoms with E-state index < -0.39 is 0 Å². The van der Waals surface area contributed by atoms with Gasteiger partial charge in [0.05, 0.1) is 18.1 Å². The molecule has 0 atom stereocenters. The van der Waals surface area contributed by atoms with E-state index in [1.165, 1.54) is 0 Å². The molecule has 5 heteroatoms. The number of aryl methyl sites for hydroxylation is 1. The van der Waals surface area contributed by atoms with Crippen LogP contribution in [0.4, 0.5) is 0 Å². The van der Waals surface area contributed by atoms with Crippen LogP contribution in [0.15, 0.2) is 36.4 Å². The summed E-state index contributed by atoms with van der Waals surface area (Å²) in [7, 11) is 1.65. The van der Waals surface area contributed by atoms with Crippen LogP contribution in [0.3, 0.4) is 0 Å². The number of nitrogens with one attached hydrogen (secondary N) is 1. The van der Waals surface area contributed by atoms with Gasteiger partial charge in [-0.3, -0.25) is 4.57 Å². The number of nitrogens with zero attached hydrogens (tertiary/aromatic N) is 1. The molecule has 0 radical (unpaired) electrons. The summed E-state index contributed by atoms with van der Waals surface area (Å²) in [6.07, 6.45) is 0. The molecule has 0 aliphatic rings. The average molecular weight is 305 g/mol. The number of ether oxygens (including phenoxy) is 1. The maximum atomic E-state index is 6.21. The molecular formula is C15H13ClN2OS. The zero-order chi connectivity index (χ0) is 14.3. The second-order valence-electron chi connectivity index (χ2n) is 4.58. The third kappa shape index (κ3) is 2.11. The molecule has 0 bridgehead atoms. The normalized spacial score (nSPS) is 10.9. The highest BCUT2D eigenvalue weighted by atomic mass is 35.5. The molecule has 0 unspecified atom stereocenters. The zero-order valence-electron chi connectivity index (χ0n) is 11.1. The number of hydrogen-bond donors (Lipinski definition) is 1. The second kappa shape index (κ2) is 4.96. The topological polar surface area (TPSA) is 29.9 Å². The Balaban J connectivity index is 2.31. The Kier molecular flexibility index (Phi) is 3.28. The van der Waals surface area contributed by atoms with Crippen molar-refractivity contribution in [2.45, 2.75) is 6.92 Å². The Morgan fingerprint density at radius 3 is 2.70 bits per heavy atom. The van der Waals surface area contributed by atoms with Crippen LogP contribution in [0.2, 0.25) is 5.02 Å². The fourth-order valence-electron chi connectivity index (χ4n) is 2.19. The fourth-order valence-corrected chi connectivity index (χ4v) is 2.68. The summed E-state index contributed by atoms with van der Waals surface area (Å²) in [5.41, 5.74) is 3.91. The van der Waals surface area contributed by atoms with Crippen molar-refractivity contribution in [2.24, 2.45) is 0 Å². The van der Waals surface area contributed by atoms with Crippen LogP contribution in [0.1, 0.15) is 5.56 Å². The molecule has 0 saturated heterocycles. The molecule has 1 aromatic heterocycles. The van der Waals surface area contributed by atoms with Gasteiger partial charge in [-0.1, -0.05) is 17.7 Å². The van der Waals surface area contributed by atoms with Crippen molar-refractivity contribution >= 4 is 34.9 Å². The smallest absolute Gasteiger partial charge is 0.182 e. The quantitative estimate of drug-likeness (QED) is 0.698. The molecular weight excluding hydrogens is 292 g/mol. The lowest BCUT2D eigenvalue weighted by molar-refractivity contribution is 0.415. The van der Waals surface area contributed by atoms with E-state index in [4.69, 9.17) is 28.6 Å². The number of methoxy groups -OCH3 is 1. The molecule has 1 heterocycles. The number of fused-ring (bicyclic) bond motifs is 1. The van der Waals surface area contributed by atoms with E-state index in [2.05, 4.69) is 4.98 Å². The lowest BCUT2D eigenvalue weighted by Gasteiger charge is -2.07. The van der Waals surface area contributed by atoms with Crippen LogP contribution in [-0.2, 0) is 0 Å². The first-order chi connectivity index (χ1) is 9.60. The van der Waals surface area contributed by atoms with Gasteiger partial charge in [-0.15, -0.1) is 0 Å². The number of hydrogen-bond acceptors (Lipinski definition) is 2. The highest BCUT2D eigenvalue weighted by molar-refractivity contribution is 7.71. The minimum Gasteiger partial charge on any atom is -0.497 e. The summed E-state index contributed by atoms with van der Waals surface area (Å²) in [6.45, 7) is 1.98. The second-order valence-corrected chi connectivity index (χ2v) is 5.38. The van der Waals surface area contributed by atoms with Crippen molar-refractivity contribution in [1.29, 1.82) is 0 Å². The SMILES string of the molecule is COc1ccc2[nH]c(=S)n(-c3ccc(C)c(Cl)c3)c2c1. The molecule has 102 valence electrons. The van der Waals surface area contributed by atoms with Crippen LogP contribution < -0.4 is 4.74 Å². The fraction of sp³-hybridized carbons (Fsp3) is 0.133. The van der Waals surface area contributed by atoms with Crippen LogP contribution in [-0.4, -0.2) is 16.7 Å². The highest BCUT2D eigenvalue weighted by Gasteiger charge is 2.09. The van der Waals surface area contributed by atoms with Gasteiger partial charge in [0, 0.05) is 16.8 Å². The van der Waals surface area contributed by atoms with E-state index in [1.54, 1.807) is 7.11 Å². The monoisotopic (exact) mass is 304 g/mol. The van der Waals surface area contributed by atoms with Gasteiger partial charge in [-0.25, -0.2) is 0 Å². The van der Waals surface area contributed by atoms with Crippen molar-refractivity contribution in [3.63, 3.8) is 0 Å². The average Bonchev–Trinajstić information content (AvgIpc) is 2.77. The molecule has 3 rings (SSSR count). The predicted molar refractivity (Wildman–Crippen MR) is 84.8 cm³/mol. The first-order valence-corrected chi connectivity index (χ1v) is 6.94. The lowest BCUT2D eigenvalue weighted by Crippen LogP contribution is -1.95. The molecule has 0 aliphatic carbocycles. The number of benzene rings is 2. The van der Waals surface area contributed by atoms with Crippen molar-refractivity contribution in [2.75, 3.05) is 7.11 Å².